The van der Waals surface area contributed by atoms with Crippen LogP contribution in [0.2, 0.25) is 5.02 Å². The van der Waals surface area contributed by atoms with Crippen LogP contribution in [0.1, 0.15) is 42.1 Å². The standard InChI is InChI=1S/C30H30ClF3N2O7/c1-40-26-16-36(27(37)15-23(26)22-13-19(31)8-11-25(22)43-17-30(32,33)34)24(14-21-5-3-4-12-42-21)28(38)35-20-9-6-18(7-10-20)29(39)41-2/h6-11,13,15-16,21,24H,3-5,12,14,17H2,1-2H3,(H,35,38)/t21-,24?/m1/s1. The fourth-order valence-electron chi connectivity index (χ4n) is 4.77. The van der Waals surface area contributed by atoms with Crippen LogP contribution in [0, 0.1) is 0 Å². The molecule has 2 heterocycles. The van der Waals surface area contributed by atoms with Gasteiger partial charge in [-0.1, -0.05) is 11.6 Å². The maximum Gasteiger partial charge on any atom is 0.422 e. The van der Waals surface area contributed by atoms with E-state index in [1.165, 1.54) is 67.4 Å². The number of amides is 1. The number of alkyl halides is 3. The largest absolute Gasteiger partial charge is 0.495 e. The summed E-state index contributed by atoms with van der Waals surface area (Å²) < 4.78 is 61.0. The minimum absolute atomic E-state index is 0.100. The molecule has 2 atom stereocenters. The number of rotatable bonds is 10. The molecule has 1 aliphatic rings. The number of carbonyl (C=O) groups excluding carboxylic acids is 2. The highest BCUT2D eigenvalue weighted by Crippen LogP contribution is 2.38. The van der Waals surface area contributed by atoms with E-state index in [0.717, 1.165) is 18.9 Å². The topological polar surface area (TPSA) is 105 Å². The number of benzene rings is 2. The van der Waals surface area contributed by atoms with Crippen LogP contribution in [0.15, 0.2) is 59.5 Å². The van der Waals surface area contributed by atoms with Gasteiger partial charge in [0.25, 0.3) is 5.56 Å². The van der Waals surface area contributed by atoms with Crippen LogP contribution in [0.25, 0.3) is 11.1 Å². The fourth-order valence-corrected chi connectivity index (χ4v) is 4.94. The molecule has 1 aliphatic heterocycles. The van der Waals surface area contributed by atoms with Crippen molar-refractivity contribution in [2.45, 2.75) is 44.0 Å². The van der Waals surface area contributed by atoms with Gasteiger partial charge in [-0.2, -0.15) is 13.2 Å². The number of anilines is 1. The highest BCUT2D eigenvalue weighted by atomic mass is 35.5. The Bertz CT molecular complexity index is 1500. The lowest BCUT2D eigenvalue weighted by atomic mass is 10.00. The zero-order chi connectivity index (χ0) is 31.1. The van der Waals surface area contributed by atoms with Crippen molar-refractivity contribution in [3.05, 3.63) is 75.7 Å². The van der Waals surface area contributed by atoms with E-state index in [9.17, 15) is 27.6 Å². The van der Waals surface area contributed by atoms with Crippen molar-refractivity contribution in [3.8, 4) is 22.6 Å². The number of esters is 1. The van der Waals surface area contributed by atoms with Crippen LogP contribution >= 0.6 is 11.6 Å². The average molecular weight is 623 g/mol. The number of nitrogens with zero attached hydrogens (tertiary/aromatic N) is 1. The molecule has 43 heavy (non-hydrogen) atoms. The third-order valence-corrected chi connectivity index (χ3v) is 7.09. The molecule has 3 aromatic rings. The zero-order valence-corrected chi connectivity index (χ0v) is 24.2. The minimum Gasteiger partial charge on any atom is -0.495 e. The Hall–Kier alpha value is -4.03. The van der Waals surface area contributed by atoms with Crippen molar-refractivity contribution in [2.24, 2.45) is 0 Å². The van der Waals surface area contributed by atoms with Crippen molar-refractivity contribution in [1.29, 1.82) is 0 Å². The van der Waals surface area contributed by atoms with Crippen LogP contribution in [-0.4, -0.2) is 56.2 Å². The van der Waals surface area contributed by atoms with Gasteiger partial charge in [-0.15, -0.1) is 0 Å². The Labute approximate surface area is 250 Å². The number of pyridine rings is 1. The van der Waals surface area contributed by atoms with E-state index >= 15 is 0 Å². The molecule has 13 heteroatoms. The molecule has 2 aromatic carbocycles. The van der Waals surface area contributed by atoms with Gasteiger partial charge in [0.15, 0.2) is 6.61 Å². The first-order valence-corrected chi connectivity index (χ1v) is 13.8. The second-order valence-corrected chi connectivity index (χ2v) is 10.3. The number of hydrogen-bond acceptors (Lipinski definition) is 7. The molecule has 9 nitrogen and oxygen atoms in total. The summed E-state index contributed by atoms with van der Waals surface area (Å²) in [6.45, 7) is -1.02. The van der Waals surface area contributed by atoms with Crippen molar-refractivity contribution in [2.75, 3.05) is 32.8 Å². The van der Waals surface area contributed by atoms with E-state index in [-0.39, 0.29) is 40.2 Å². The second-order valence-electron chi connectivity index (χ2n) is 9.84. The van der Waals surface area contributed by atoms with E-state index in [2.05, 4.69) is 5.32 Å². The smallest absolute Gasteiger partial charge is 0.422 e. The quantitative estimate of drug-likeness (QED) is 0.275. The molecule has 0 saturated carbocycles. The molecule has 1 amide bonds. The van der Waals surface area contributed by atoms with Gasteiger partial charge < -0.3 is 24.3 Å². The van der Waals surface area contributed by atoms with Gasteiger partial charge in [0.05, 0.1) is 32.1 Å². The Balaban J connectivity index is 1.71. The van der Waals surface area contributed by atoms with E-state index in [0.29, 0.717) is 24.3 Å². The molecular formula is C30H30ClF3N2O7. The summed E-state index contributed by atoms with van der Waals surface area (Å²) >= 11 is 6.14. The summed E-state index contributed by atoms with van der Waals surface area (Å²) in [4.78, 5) is 39.0. The monoisotopic (exact) mass is 622 g/mol. The molecule has 1 fully saturated rings. The van der Waals surface area contributed by atoms with Crippen LogP contribution < -0.4 is 20.3 Å². The first kappa shape index (κ1) is 31.9. The van der Waals surface area contributed by atoms with Crippen LogP contribution in [-0.2, 0) is 14.3 Å². The number of aromatic nitrogens is 1. The van der Waals surface area contributed by atoms with Gasteiger partial charge in [0.1, 0.15) is 17.5 Å². The molecule has 1 unspecified atom stereocenters. The van der Waals surface area contributed by atoms with E-state index in [1.807, 2.05) is 0 Å². The first-order chi connectivity index (χ1) is 20.5. The molecule has 0 aliphatic carbocycles. The van der Waals surface area contributed by atoms with Gasteiger partial charge in [-0.3, -0.25) is 14.2 Å². The van der Waals surface area contributed by atoms with Gasteiger partial charge in [0, 0.05) is 40.9 Å². The van der Waals surface area contributed by atoms with Crippen LogP contribution in [0.3, 0.4) is 0 Å². The lowest BCUT2D eigenvalue weighted by Crippen LogP contribution is -2.36. The number of hydrogen-bond donors (Lipinski definition) is 1. The zero-order valence-electron chi connectivity index (χ0n) is 23.4. The molecule has 1 saturated heterocycles. The number of nitrogens with one attached hydrogen (secondary N) is 1. The summed E-state index contributed by atoms with van der Waals surface area (Å²) in [6, 6.07) is 10.2. The molecule has 1 N–H and O–H groups in total. The molecule has 0 bridgehead atoms. The van der Waals surface area contributed by atoms with Crippen molar-refractivity contribution in [1.82, 2.24) is 4.57 Å². The minimum atomic E-state index is -4.59. The number of ether oxygens (including phenoxy) is 4. The lowest BCUT2D eigenvalue weighted by Gasteiger charge is -2.28. The fraction of sp³-hybridized carbons (Fsp3) is 0.367. The summed E-state index contributed by atoms with van der Waals surface area (Å²) in [5.41, 5.74) is 0.308. The number of carbonyl (C=O) groups is 2. The summed E-state index contributed by atoms with van der Waals surface area (Å²) in [6.07, 6.45) is -0.887. The summed E-state index contributed by atoms with van der Waals surface area (Å²) in [7, 11) is 2.59. The summed E-state index contributed by atoms with van der Waals surface area (Å²) in [5.74, 6) is -1.11. The average Bonchev–Trinajstić information content (AvgIpc) is 2.99. The maximum absolute atomic E-state index is 13.6. The highest BCUT2D eigenvalue weighted by molar-refractivity contribution is 6.31. The Kier molecular flexibility index (Phi) is 10.4. The van der Waals surface area contributed by atoms with Gasteiger partial charge >= 0.3 is 12.1 Å². The van der Waals surface area contributed by atoms with E-state index < -0.39 is 36.3 Å². The first-order valence-electron chi connectivity index (χ1n) is 13.4. The number of methoxy groups -OCH3 is 2. The Morgan fingerprint density at radius 2 is 1.79 bits per heavy atom. The predicted octanol–water partition coefficient (Wildman–Crippen LogP) is 6.04. The normalized spacial score (nSPS) is 15.8. The van der Waals surface area contributed by atoms with Gasteiger partial charge in [-0.05, 0) is 61.7 Å². The molecule has 0 radical (unpaired) electrons. The van der Waals surface area contributed by atoms with Crippen LogP contribution in [0.5, 0.6) is 11.5 Å². The Morgan fingerprint density at radius 1 is 1.07 bits per heavy atom. The van der Waals surface area contributed by atoms with Crippen LogP contribution in [0.4, 0.5) is 18.9 Å². The van der Waals surface area contributed by atoms with Gasteiger partial charge in [-0.25, -0.2) is 4.79 Å². The molecule has 1 aromatic heterocycles. The van der Waals surface area contributed by atoms with Crippen molar-refractivity contribution in [3.63, 3.8) is 0 Å². The SMILES string of the molecule is COC(=O)c1ccc(NC(=O)C(C[C@H]2CCCCO2)n2cc(OC)c(-c3cc(Cl)ccc3OCC(F)(F)F)cc2=O)cc1. The third kappa shape index (κ3) is 8.29. The van der Waals surface area contributed by atoms with E-state index in [4.69, 9.17) is 30.5 Å². The molecule has 230 valence electrons. The van der Waals surface area contributed by atoms with Gasteiger partial charge in [0.2, 0.25) is 5.91 Å². The highest BCUT2D eigenvalue weighted by Gasteiger charge is 2.31. The second kappa shape index (κ2) is 14.0. The number of halogens is 4. The molecule has 0 spiro atoms. The molecule has 4 rings (SSSR count). The molecular weight excluding hydrogens is 593 g/mol. The maximum atomic E-state index is 13.6. The third-order valence-electron chi connectivity index (χ3n) is 6.86. The van der Waals surface area contributed by atoms with Crippen molar-refractivity contribution < 1.29 is 41.7 Å². The predicted molar refractivity (Wildman–Crippen MR) is 153 cm³/mol. The Morgan fingerprint density at radius 3 is 2.42 bits per heavy atom. The van der Waals surface area contributed by atoms with Crippen molar-refractivity contribution >= 4 is 29.2 Å². The summed E-state index contributed by atoms with van der Waals surface area (Å²) in [5, 5.41) is 2.98. The lowest BCUT2D eigenvalue weighted by molar-refractivity contribution is -0.153. The van der Waals surface area contributed by atoms with E-state index in [1.54, 1.807) is 0 Å².